The third-order valence-corrected chi connectivity index (χ3v) is 6.68. The molecular weight excluding hydrogens is 709 g/mol. The number of nitrogens with zero attached hydrogens (tertiary/aromatic N) is 2. The van der Waals surface area contributed by atoms with Gasteiger partial charge in [0.15, 0.2) is 0 Å². The molecule has 0 spiro atoms. The number of benzene rings is 3. The molecule has 0 saturated heterocycles. The van der Waals surface area contributed by atoms with Crippen LogP contribution < -0.4 is 0 Å². The predicted molar refractivity (Wildman–Crippen MR) is 206 cm³/mol. The number of aryl methyl sites for hydroxylation is 8. The Bertz CT molecular complexity index is 1240. The molecule has 3 aromatic carbocycles. The summed E-state index contributed by atoms with van der Waals surface area (Å²) in [4.78, 5) is 10.5. The van der Waals surface area contributed by atoms with Gasteiger partial charge in [0.05, 0.1) is 28.1 Å². The van der Waals surface area contributed by atoms with E-state index in [-0.39, 0.29) is 12.8 Å². The summed E-state index contributed by atoms with van der Waals surface area (Å²) < 4.78 is 0. The quantitative estimate of drug-likeness (QED) is 0.0518. The third kappa shape index (κ3) is 18.3. The summed E-state index contributed by atoms with van der Waals surface area (Å²) in [7, 11) is 4.49. The molecule has 0 saturated carbocycles. The van der Waals surface area contributed by atoms with Gasteiger partial charge in [0, 0.05) is 0 Å². The van der Waals surface area contributed by atoms with E-state index >= 15 is 0 Å². The molecule has 2 nitrogen and oxygen atoms in total. The Morgan fingerprint density at radius 2 is 1.00 bits per heavy atom. The van der Waals surface area contributed by atoms with Crippen LogP contribution in [0.15, 0.2) is 71.7 Å². The number of halogens is 3. The maximum absolute atomic E-state index is 5.29. The summed E-state index contributed by atoms with van der Waals surface area (Å²) in [6.07, 6.45) is 5.16. The van der Waals surface area contributed by atoms with Crippen LogP contribution in [0, 0.1) is 55.9 Å². The zero-order valence-corrected chi connectivity index (χ0v) is 33.4. The van der Waals surface area contributed by atoms with Crippen LogP contribution >= 0.6 is 32.7 Å². The molecule has 0 aliphatic carbocycles. The molecule has 0 unspecified atom stereocenters. The monoisotopic (exact) mass is 764 g/mol. The minimum atomic E-state index is 0. The third-order valence-electron chi connectivity index (χ3n) is 6.68. The van der Waals surface area contributed by atoms with Crippen molar-refractivity contribution in [2.75, 3.05) is 5.34 Å². The van der Waals surface area contributed by atoms with Crippen LogP contribution in [0.5, 0.6) is 0 Å². The van der Waals surface area contributed by atoms with Crippen molar-refractivity contribution in [2.24, 2.45) is 9.98 Å². The second kappa shape index (κ2) is 28.5. The molecule has 3 rings (SSSR count). The number of hydrogen-bond donors (Lipinski definition) is 0. The first-order valence-corrected chi connectivity index (χ1v) is 18.3. The van der Waals surface area contributed by atoms with Crippen LogP contribution in [0.3, 0.4) is 0 Å². The number of aliphatic imine (C=N–C) groups is 2. The van der Waals surface area contributed by atoms with Gasteiger partial charge < -0.3 is 7.43 Å². The predicted octanol–water partition coefficient (Wildman–Crippen LogP) is 13.9. The van der Waals surface area contributed by atoms with Crippen LogP contribution in [-0.4, -0.2) is 16.8 Å². The van der Waals surface area contributed by atoms with Crippen molar-refractivity contribution in [1.82, 2.24) is 0 Å². The van der Waals surface area contributed by atoms with Crippen molar-refractivity contribution in [3.8, 4) is 0 Å². The maximum atomic E-state index is 5.29. The van der Waals surface area contributed by atoms with Gasteiger partial charge in [0.1, 0.15) is 0 Å². The van der Waals surface area contributed by atoms with E-state index in [1.54, 1.807) is 0 Å². The Morgan fingerprint density at radius 3 is 1.36 bits per heavy atom. The summed E-state index contributed by atoms with van der Waals surface area (Å²) in [5.41, 5.74) is 14.7. The van der Waals surface area contributed by atoms with E-state index in [4.69, 9.17) is 33.2 Å². The van der Waals surface area contributed by atoms with Gasteiger partial charge in [-0.15, -0.1) is 36.4 Å². The van der Waals surface area contributed by atoms with E-state index in [1.165, 1.54) is 44.5 Å². The second-order valence-electron chi connectivity index (χ2n) is 10.3. The SMILES string of the molecule is C=C.CC.CCC(=Nc1c(C)cc(C)cc1C)C(CCCCc1ccc(C)cc1)=Nc1c(C)cc(C)cc1C.ClCCl.[CH3-].[Cl][Pd+]. The molecule has 45 heavy (non-hydrogen) atoms. The van der Waals surface area contributed by atoms with Gasteiger partial charge in [-0.3, -0.25) is 9.98 Å². The van der Waals surface area contributed by atoms with Gasteiger partial charge in [-0.2, -0.15) is 0 Å². The van der Waals surface area contributed by atoms with Crippen LogP contribution in [0.4, 0.5) is 11.4 Å². The van der Waals surface area contributed by atoms with Crippen molar-refractivity contribution in [3.63, 3.8) is 0 Å². The fourth-order valence-electron chi connectivity index (χ4n) is 4.96. The van der Waals surface area contributed by atoms with Gasteiger partial charge in [0.2, 0.25) is 0 Å². The molecule has 0 fully saturated rings. The van der Waals surface area contributed by atoms with E-state index in [0.29, 0.717) is 0 Å². The van der Waals surface area contributed by atoms with E-state index in [9.17, 15) is 0 Å². The Balaban J connectivity index is -0.00000160. The van der Waals surface area contributed by atoms with Gasteiger partial charge >= 0.3 is 27.7 Å². The fourth-order valence-corrected chi connectivity index (χ4v) is 4.96. The van der Waals surface area contributed by atoms with Gasteiger partial charge in [-0.25, -0.2) is 0 Å². The van der Waals surface area contributed by atoms with Crippen molar-refractivity contribution in [2.45, 2.75) is 101 Å². The summed E-state index contributed by atoms with van der Waals surface area (Å²) in [5.74, 6) is 0. The topological polar surface area (TPSA) is 24.7 Å². The molecule has 0 N–H and O–H groups in total. The van der Waals surface area contributed by atoms with Crippen LogP contribution in [0.25, 0.3) is 0 Å². The molecule has 0 aliphatic rings. The zero-order valence-electron chi connectivity index (χ0n) is 29.6. The Kier molecular flexibility index (Phi) is 30.2. The molecule has 0 amide bonds. The molecule has 0 radical (unpaired) electrons. The normalized spacial score (nSPS) is 10.4. The molecule has 0 heterocycles. The van der Waals surface area contributed by atoms with Crippen LogP contribution in [-0.2, 0) is 24.6 Å². The Labute approximate surface area is 302 Å². The summed E-state index contributed by atoms with van der Waals surface area (Å²) >= 11 is 11.8. The minimum absolute atomic E-state index is 0. The first-order chi connectivity index (χ1) is 21.1. The Morgan fingerprint density at radius 1 is 0.644 bits per heavy atom. The van der Waals surface area contributed by atoms with Crippen molar-refractivity contribution in [3.05, 3.63) is 114 Å². The van der Waals surface area contributed by atoms with Gasteiger partial charge in [-0.05, 0) is 108 Å². The van der Waals surface area contributed by atoms with E-state index in [0.717, 1.165) is 54.9 Å². The number of alkyl halides is 2. The van der Waals surface area contributed by atoms with Gasteiger partial charge in [0.25, 0.3) is 0 Å². The van der Waals surface area contributed by atoms with Crippen LogP contribution in [0.2, 0.25) is 0 Å². The summed E-state index contributed by atoms with van der Waals surface area (Å²) in [6, 6.07) is 17.8. The van der Waals surface area contributed by atoms with E-state index in [2.05, 4.69) is 145 Å². The van der Waals surface area contributed by atoms with E-state index < -0.39 is 0 Å². The standard InChI is InChI=1S/C33H42N2.C2H6.C2H4.CH2Cl2.CH3.ClH.Pd/c1-9-30(34-32-25(5)18-23(3)19-26(32)6)31(35-33-27(7)20-24(4)21-28(33)8)13-11-10-12-29-16-14-22(2)15-17-29;2*1-2;2-1-3;;;/h14-21H,9-13H2,1-8H3;1-2H3;1-2H2;1H2;1H3;1H;/q;;;;-1;;+2/p-1. The van der Waals surface area contributed by atoms with E-state index in [1.807, 2.05) is 13.8 Å². The first kappa shape index (κ1) is 47.7. The van der Waals surface area contributed by atoms with Crippen molar-refractivity contribution in [1.29, 1.82) is 0 Å². The van der Waals surface area contributed by atoms with Gasteiger partial charge in [-0.1, -0.05) is 86.0 Å². The summed E-state index contributed by atoms with van der Waals surface area (Å²) in [6.45, 7) is 27.3. The molecule has 0 bridgehead atoms. The second-order valence-corrected chi connectivity index (χ2v) is 11.1. The van der Waals surface area contributed by atoms with Crippen molar-refractivity contribution >= 4 is 55.5 Å². The first-order valence-electron chi connectivity index (χ1n) is 15.2. The Hall–Kier alpha value is -1.73. The molecule has 6 heteroatoms. The molecule has 3 aromatic rings. The number of hydrogen-bond acceptors (Lipinski definition) is 2. The molecular formula is C39H57Cl3N2Pd. The molecule has 0 atom stereocenters. The van der Waals surface area contributed by atoms with Crippen LogP contribution in [0.1, 0.15) is 91.0 Å². The molecule has 0 aliphatic heterocycles. The number of unbranched alkanes of at least 4 members (excludes halogenated alkanes) is 1. The zero-order chi connectivity index (χ0) is 34.2. The average molecular weight is 767 g/mol. The molecule has 254 valence electrons. The number of rotatable bonds is 9. The summed E-state index contributed by atoms with van der Waals surface area (Å²) in [5, 5.41) is 0.194. The molecule has 0 aromatic heterocycles. The van der Waals surface area contributed by atoms with Crippen molar-refractivity contribution < 1.29 is 18.2 Å². The average Bonchev–Trinajstić information content (AvgIpc) is 3.00. The fraction of sp³-hybridized carbons (Fsp3) is 0.410.